The summed E-state index contributed by atoms with van der Waals surface area (Å²) in [5.74, 6) is -0.851. The van der Waals surface area contributed by atoms with Crippen molar-refractivity contribution in [3.63, 3.8) is 0 Å². The van der Waals surface area contributed by atoms with E-state index in [1.807, 2.05) is 0 Å². The van der Waals surface area contributed by atoms with E-state index in [1.165, 1.54) is 54.7 Å². The molecule has 0 aliphatic heterocycles. The molecule has 3 aromatic rings. The Labute approximate surface area is 205 Å². The van der Waals surface area contributed by atoms with Gasteiger partial charge in [0.25, 0.3) is 5.91 Å². The topological polar surface area (TPSA) is 110 Å². The second kappa shape index (κ2) is 12.6. The number of halogens is 1. The van der Waals surface area contributed by atoms with E-state index in [4.69, 9.17) is 9.47 Å². The summed E-state index contributed by atoms with van der Waals surface area (Å²) in [4.78, 5) is 43.4. The number of ether oxygens (including phenoxy) is 2. The van der Waals surface area contributed by atoms with Crippen molar-refractivity contribution in [2.24, 2.45) is 0 Å². The maximum atomic E-state index is 13.0. The van der Waals surface area contributed by atoms with E-state index in [-0.39, 0.29) is 37.9 Å². The molecular formula is C24H25FN4O5S. The fourth-order valence-electron chi connectivity index (χ4n) is 3.05. The summed E-state index contributed by atoms with van der Waals surface area (Å²) < 4.78 is 23.2. The van der Waals surface area contributed by atoms with Gasteiger partial charge in [-0.3, -0.25) is 14.4 Å². The number of methoxy groups -OCH3 is 2. The van der Waals surface area contributed by atoms with Crippen molar-refractivity contribution in [1.29, 1.82) is 0 Å². The summed E-state index contributed by atoms with van der Waals surface area (Å²) in [6, 6.07) is 12.0. The standard InChI is InChI=1S/C24H25FN4O5S/c1-33-12-11-29(23(32)16-3-9-20(34-2)10-4-16)14-22(31)28-24-27-19(15-35-24)13-21(30)26-18-7-5-17(25)6-8-18/h3-10,15H,11-14H2,1-2H3,(H,26,30)(H,27,28,31). The van der Waals surface area contributed by atoms with E-state index in [1.54, 1.807) is 29.6 Å². The zero-order valence-electron chi connectivity index (χ0n) is 19.2. The van der Waals surface area contributed by atoms with Crippen LogP contribution >= 0.6 is 11.3 Å². The normalized spacial score (nSPS) is 10.5. The fraction of sp³-hybridized carbons (Fsp3) is 0.250. The molecule has 3 rings (SSSR count). The maximum absolute atomic E-state index is 13.0. The van der Waals surface area contributed by atoms with Gasteiger partial charge >= 0.3 is 0 Å². The predicted octanol–water partition coefficient (Wildman–Crippen LogP) is 3.20. The summed E-state index contributed by atoms with van der Waals surface area (Å²) in [6.45, 7) is 0.287. The van der Waals surface area contributed by atoms with E-state index in [0.717, 1.165) is 0 Å². The van der Waals surface area contributed by atoms with Gasteiger partial charge in [0.1, 0.15) is 18.1 Å². The minimum absolute atomic E-state index is 0.0142. The molecule has 1 heterocycles. The molecule has 0 aliphatic carbocycles. The van der Waals surface area contributed by atoms with Gasteiger partial charge in [-0.1, -0.05) is 0 Å². The van der Waals surface area contributed by atoms with Crippen molar-refractivity contribution in [3.8, 4) is 5.75 Å². The van der Waals surface area contributed by atoms with Crippen LogP contribution in [0.4, 0.5) is 15.2 Å². The van der Waals surface area contributed by atoms with Crippen LogP contribution in [0.1, 0.15) is 16.1 Å². The highest BCUT2D eigenvalue weighted by molar-refractivity contribution is 7.13. The Kier molecular flexibility index (Phi) is 9.27. The van der Waals surface area contributed by atoms with E-state index in [2.05, 4.69) is 15.6 Å². The average Bonchev–Trinajstić information content (AvgIpc) is 3.28. The van der Waals surface area contributed by atoms with Crippen molar-refractivity contribution in [2.75, 3.05) is 44.5 Å². The Balaban J connectivity index is 1.56. The molecule has 0 aliphatic rings. The lowest BCUT2D eigenvalue weighted by Gasteiger charge is -2.21. The highest BCUT2D eigenvalue weighted by Gasteiger charge is 2.20. The number of carbonyl (C=O) groups is 3. The van der Waals surface area contributed by atoms with Gasteiger partial charge in [0.2, 0.25) is 11.8 Å². The molecule has 35 heavy (non-hydrogen) atoms. The summed E-state index contributed by atoms with van der Waals surface area (Å²) in [6.07, 6.45) is -0.0142. The van der Waals surface area contributed by atoms with Crippen LogP contribution in [0.2, 0.25) is 0 Å². The fourth-order valence-corrected chi connectivity index (χ4v) is 3.78. The minimum Gasteiger partial charge on any atom is -0.497 e. The van der Waals surface area contributed by atoms with Crippen LogP contribution < -0.4 is 15.4 Å². The lowest BCUT2D eigenvalue weighted by Crippen LogP contribution is -2.40. The Morgan fingerprint density at radius 3 is 2.37 bits per heavy atom. The SMILES string of the molecule is COCCN(CC(=O)Nc1nc(CC(=O)Nc2ccc(F)cc2)cs1)C(=O)c1ccc(OC)cc1. The van der Waals surface area contributed by atoms with E-state index in [9.17, 15) is 18.8 Å². The van der Waals surface area contributed by atoms with Crippen LogP contribution in [0, 0.1) is 5.82 Å². The van der Waals surface area contributed by atoms with Gasteiger partial charge in [0.05, 0.1) is 25.8 Å². The monoisotopic (exact) mass is 500 g/mol. The van der Waals surface area contributed by atoms with Crippen molar-refractivity contribution >= 4 is 39.9 Å². The second-order valence-corrected chi connectivity index (χ2v) is 8.23. The first-order valence-electron chi connectivity index (χ1n) is 10.6. The number of carbonyl (C=O) groups excluding carboxylic acids is 3. The highest BCUT2D eigenvalue weighted by Crippen LogP contribution is 2.17. The quantitative estimate of drug-likeness (QED) is 0.419. The minimum atomic E-state index is -0.431. The number of amides is 3. The number of hydrogen-bond acceptors (Lipinski definition) is 7. The van der Waals surface area contributed by atoms with E-state index < -0.39 is 11.7 Å². The molecular weight excluding hydrogens is 475 g/mol. The molecule has 0 saturated heterocycles. The van der Waals surface area contributed by atoms with Crippen molar-refractivity contribution in [2.45, 2.75) is 6.42 Å². The van der Waals surface area contributed by atoms with Crippen LogP contribution in [0.3, 0.4) is 0 Å². The van der Waals surface area contributed by atoms with Crippen molar-refractivity contribution in [1.82, 2.24) is 9.88 Å². The summed E-state index contributed by atoms with van der Waals surface area (Å²) in [5, 5.41) is 7.29. The van der Waals surface area contributed by atoms with Gasteiger partial charge in [0.15, 0.2) is 5.13 Å². The molecule has 9 nitrogen and oxygen atoms in total. The molecule has 0 bridgehead atoms. The lowest BCUT2D eigenvalue weighted by molar-refractivity contribution is -0.117. The summed E-state index contributed by atoms with van der Waals surface area (Å²) in [5.41, 5.74) is 1.35. The van der Waals surface area contributed by atoms with Crippen LogP contribution in [-0.4, -0.2) is 61.5 Å². The largest absolute Gasteiger partial charge is 0.497 e. The van der Waals surface area contributed by atoms with E-state index >= 15 is 0 Å². The first-order chi connectivity index (χ1) is 16.9. The molecule has 0 spiro atoms. The average molecular weight is 501 g/mol. The van der Waals surface area contributed by atoms with Gasteiger partial charge in [-0.05, 0) is 48.5 Å². The van der Waals surface area contributed by atoms with Crippen LogP contribution in [0.15, 0.2) is 53.9 Å². The Morgan fingerprint density at radius 1 is 1.00 bits per heavy atom. The molecule has 0 radical (unpaired) electrons. The van der Waals surface area contributed by atoms with Crippen LogP contribution in [0.25, 0.3) is 0 Å². The second-order valence-electron chi connectivity index (χ2n) is 7.37. The van der Waals surface area contributed by atoms with E-state index in [0.29, 0.717) is 27.8 Å². The Bertz CT molecular complexity index is 1150. The number of thiazole rings is 1. The Morgan fingerprint density at radius 2 is 1.71 bits per heavy atom. The third-order valence-corrected chi connectivity index (χ3v) is 5.60. The number of rotatable bonds is 11. The van der Waals surface area contributed by atoms with Gasteiger partial charge in [-0.2, -0.15) is 0 Å². The zero-order valence-corrected chi connectivity index (χ0v) is 20.1. The molecule has 0 saturated carbocycles. The summed E-state index contributed by atoms with van der Waals surface area (Å²) in [7, 11) is 3.05. The van der Waals surface area contributed by atoms with Crippen LogP contribution in [0.5, 0.6) is 5.75 Å². The van der Waals surface area contributed by atoms with Crippen LogP contribution in [-0.2, 0) is 20.7 Å². The maximum Gasteiger partial charge on any atom is 0.254 e. The van der Waals surface area contributed by atoms with Crippen molar-refractivity contribution in [3.05, 3.63) is 71.0 Å². The molecule has 0 unspecified atom stereocenters. The third kappa shape index (κ3) is 7.87. The number of nitrogens with zero attached hydrogens (tertiary/aromatic N) is 2. The first kappa shape index (κ1) is 25.8. The molecule has 0 atom stereocenters. The number of aromatic nitrogens is 1. The highest BCUT2D eigenvalue weighted by atomic mass is 32.1. The molecule has 2 N–H and O–H groups in total. The van der Waals surface area contributed by atoms with Gasteiger partial charge < -0.3 is 25.0 Å². The lowest BCUT2D eigenvalue weighted by atomic mass is 10.2. The molecule has 3 amide bonds. The number of nitrogens with one attached hydrogen (secondary N) is 2. The molecule has 0 fully saturated rings. The molecule has 1 aromatic heterocycles. The predicted molar refractivity (Wildman–Crippen MR) is 130 cm³/mol. The Hall–Kier alpha value is -3.83. The van der Waals surface area contributed by atoms with Gasteiger partial charge in [-0.25, -0.2) is 9.37 Å². The van der Waals surface area contributed by atoms with Gasteiger partial charge in [0, 0.05) is 30.3 Å². The first-order valence-corrected chi connectivity index (χ1v) is 11.5. The smallest absolute Gasteiger partial charge is 0.254 e. The zero-order chi connectivity index (χ0) is 25.2. The molecule has 2 aromatic carbocycles. The summed E-state index contributed by atoms with van der Waals surface area (Å²) >= 11 is 1.17. The third-order valence-electron chi connectivity index (χ3n) is 4.79. The number of anilines is 2. The molecule has 184 valence electrons. The molecule has 11 heteroatoms. The number of benzene rings is 2. The van der Waals surface area contributed by atoms with Gasteiger partial charge in [-0.15, -0.1) is 11.3 Å². The number of hydrogen-bond donors (Lipinski definition) is 2. The van der Waals surface area contributed by atoms with Crippen molar-refractivity contribution < 1.29 is 28.2 Å².